The number of amides is 5. The minimum Gasteiger partial charge on any atom is -0.382 e. The summed E-state index contributed by atoms with van der Waals surface area (Å²) in [4.78, 5) is 76.4. The number of amidine groups is 1. The molecule has 0 bridgehead atoms. The Bertz CT molecular complexity index is 2540. The van der Waals surface area contributed by atoms with Gasteiger partial charge in [-0.3, -0.25) is 30.1 Å². The van der Waals surface area contributed by atoms with Crippen LogP contribution < -0.4 is 44.6 Å². The molecular weight excluding hydrogens is 960 g/mol. The number of unbranched alkanes of at least 4 members (excludes halogenated alkanes) is 4. The maximum atomic E-state index is 13.4. The van der Waals surface area contributed by atoms with Crippen LogP contribution in [0.1, 0.15) is 122 Å². The first-order valence-corrected chi connectivity index (χ1v) is 25.4. The van der Waals surface area contributed by atoms with E-state index in [0.717, 1.165) is 70.6 Å². The fourth-order valence-corrected chi connectivity index (χ4v) is 9.62. The number of urea groups is 1. The molecule has 2 fully saturated rings. The maximum Gasteiger partial charge on any atom is 0.317 e. The highest BCUT2D eigenvalue weighted by Crippen LogP contribution is 2.41. The van der Waals surface area contributed by atoms with Crippen molar-refractivity contribution in [2.45, 2.75) is 103 Å². The number of nitrogens with one attached hydrogen (secondary N) is 4. The van der Waals surface area contributed by atoms with Crippen LogP contribution in [0.3, 0.4) is 0 Å². The van der Waals surface area contributed by atoms with Gasteiger partial charge in [0.1, 0.15) is 5.84 Å². The lowest BCUT2D eigenvalue weighted by Gasteiger charge is -2.42. The van der Waals surface area contributed by atoms with Crippen molar-refractivity contribution in [3.05, 3.63) is 93.5 Å². The number of carbonyl (C=O) groups excluding carboxylic acids is 4. The molecule has 2 aromatic carbocycles. The Hall–Kier alpha value is -6.80. The molecule has 72 heavy (non-hydrogen) atoms. The number of hydrogen-bond acceptors (Lipinski definition) is 14. The fourth-order valence-electron chi connectivity index (χ4n) is 9.37. The van der Waals surface area contributed by atoms with Gasteiger partial charge in [-0.05, 0) is 92.6 Å². The molecule has 6 rings (SSSR count). The van der Waals surface area contributed by atoms with Crippen LogP contribution in [0.25, 0.3) is 0 Å². The van der Waals surface area contributed by atoms with Gasteiger partial charge in [0.2, 0.25) is 5.91 Å². The van der Waals surface area contributed by atoms with Crippen molar-refractivity contribution in [3.8, 4) is 0 Å². The average Bonchev–Trinajstić information content (AvgIpc) is 3.37. The molecular formula is C50H68Cl2N16O4. The van der Waals surface area contributed by atoms with E-state index in [1.54, 1.807) is 0 Å². The maximum absolute atomic E-state index is 13.4. The zero-order valence-corrected chi connectivity index (χ0v) is 42.2. The van der Waals surface area contributed by atoms with Gasteiger partial charge in [0.25, 0.3) is 11.8 Å². The lowest BCUT2D eigenvalue weighted by Crippen LogP contribution is -2.49. The van der Waals surface area contributed by atoms with Crippen LogP contribution in [0.15, 0.2) is 65.7 Å². The van der Waals surface area contributed by atoms with Crippen molar-refractivity contribution in [1.29, 1.82) is 5.41 Å². The van der Waals surface area contributed by atoms with E-state index >= 15 is 0 Å². The van der Waals surface area contributed by atoms with Gasteiger partial charge in [-0.2, -0.15) is 0 Å². The molecule has 0 spiro atoms. The summed E-state index contributed by atoms with van der Waals surface area (Å²) in [5.41, 5.74) is 30.8. The van der Waals surface area contributed by atoms with E-state index in [9.17, 15) is 19.2 Å². The molecule has 2 saturated heterocycles. The number of guanidine groups is 1. The molecule has 22 heteroatoms. The number of nitrogens with two attached hydrogens (primary N) is 5. The predicted octanol–water partition coefficient (Wildman–Crippen LogP) is 6.14. The number of carbonyl (C=O) groups is 4. The van der Waals surface area contributed by atoms with Crippen LogP contribution in [0.5, 0.6) is 0 Å². The zero-order chi connectivity index (χ0) is 51.7. The predicted molar refractivity (Wildman–Crippen MR) is 282 cm³/mol. The summed E-state index contributed by atoms with van der Waals surface area (Å²) in [6.07, 6.45) is 12.4. The van der Waals surface area contributed by atoms with Crippen molar-refractivity contribution in [2.24, 2.45) is 21.6 Å². The number of aromatic nitrogens is 4. The van der Waals surface area contributed by atoms with E-state index in [0.29, 0.717) is 71.4 Å². The van der Waals surface area contributed by atoms with Crippen LogP contribution >= 0.6 is 23.2 Å². The quantitative estimate of drug-likeness (QED) is 0.0258. The zero-order valence-electron chi connectivity index (χ0n) is 40.7. The molecule has 0 atom stereocenters. The molecule has 0 radical (unpaired) electrons. The number of hydrogen-bond donors (Lipinski definition) is 9. The van der Waals surface area contributed by atoms with Crippen molar-refractivity contribution in [1.82, 2.24) is 45.7 Å². The normalized spacial score (nSPS) is 15.4. The van der Waals surface area contributed by atoms with Crippen molar-refractivity contribution >= 4 is 82.0 Å². The Morgan fingerprint density at radius 1 is 0.611 bits per heavy atom. The van der Waals surface area contributed by atoms with Gasteiger partial charge in [0, 0.05) is 52.1 Å². The van der Waals surface area contributed by atoms with Gasteiger partial charge in [-0.25, -0.2) is 24.7 Å². The van der Waals surface area contributed by atoms with Gasteiger partial charge in [0.05, 0.1) is 0 Å². The summed E-state index contributed by atoms with van der Waals surface area (Å²) in [5, 5.41) is 16.5. The van der Waals surface area contributed by atoms with Crippen LogP contribution in [0, 0.1) is 16.2 Å². The smallest absolute Gasteiger partial charge is 0.317 e. The summed E-state index contributed by atoms with van der Waals surface area (Å²) in [5.74, 6) is -1.79. The number of anilines is 4. The first-order chi connectivity index (χ1) is 34.5. The van der Waals surface area contributed by atoms with Gasteiger partial charge in [-0.1, -0.05) is 103 Å². The second-order valence-electron chi connectivity index (χ2n) is 18.9. The molecule has 2 aliphatic rings. The molecule has 14 N–H and O–H groups in total. The van der Waals surface area contributed by atoms with E-state index in [-0.39, 0.29) is 79.5 Å². The van der Waals surface area contributed by atoms with Crippen LogP contribution in [-0.4, -0.2) is 105 Å². The average molecular weight is 1030 g/mol. The number of rotatable bonds is 21. The highest BCUT2D eigenvalue weighted by molar-refractivity contribution is 6.32. The van der Waals surface area contributed by atoms with Crippen molar-refractivity contribution < 1.29 is 19.2 Å². The Morgan fingerprint density at radius 3 is 1.67 bits per heavy atom. The Labute approximate surface area is 430 Å². The van der Waals surface area contributed by atoms with E-state index in [1.165, 1.54) is 11.1 Å². The number of nitrogen functional groups attached to an aromatic ring is 4. The molecule has 4 heterocycles. The third kappa shape index (κ3) is 15.9. The Morgan fingerprint density at radius 2 is 1.10 bits per heavy atom. The van der Waals surface area contributed by atoms with E-state index in [4.69, 9.17) is 57.3 Å². The topological polar surface area (TPSA) is 329 Å². The van der Waals surface area contributed by atoms with Crippen molar-refractivity contribution in [3.63, 3.8) is 0 Å². The molecule has 5 amide bonds. The molecule has 0 unspecified atom stereocenters. The standard InChI is InChI=1S/C50H68Cl2N16O4/c51-39-43(56)64-41(54)37(62-39)45(70)61-35(53)19-22-49(20-17-33-12-6-4-7-13-33)23-28-67(29-24-49)36(69)16-10-2-1-3-11-27-59-48(72)68-30-25-50(26-31-68,21-18-34-14-8-5-9-15-34)32-60-47(58)66-46(71)38-42(55)65-44(57)40(52)63-38/h4-9,12-15H,1-3,10-11,16-32H2,(H,59,72)(H2,53,61,70)(H4,54,56,64)(H4,55,57,65)(H3,58,60,66,71). The van der Waals surface area contributed by atoms with Crippen molar-refractivity contribution in [2.75, 3.05) is 62.2 Å². The third-order valence-corrected chi connectivity index (χ3v) is 14.5. The number of aliphatic imine (C=N–C) groups is 1. The summed E-state index contributed by atoms with van der Waals surface area (Å²) in [7, 11) is 0. The molecule has 20 nitrogen and oxygen atoms in total. The molecule has 2 aliphatic heterocycles. The first-order valence-electron chi connectivity index (χ1n) is 24.6. The van der Waals surface area contributed by atoms with Gasteiger partial charge >= 0.3 is 6.03 Å². The molecule has 4 aromatic rings. The van der Waals surface area contributed by atoms with E-state index in [2.05, 4.69) is 65.1 Å². The molecule has 0 aliphatic carbocycles. The highest BCUT2D eigenvalue weighted by atomic mass is 35.5. The SMILES string of the molecule is N=C(CCC1(CCc2ccccc2)CCN(C(=O)CCCCCCCNC(=O)N2CCC(CCc3ccccc3)(CN=C(N)NC(=O)c3nc(Cl)c(N)nc3N)CC2)CC1)NC(=O)c1nc(Cl)c(N)nc1N. The summed E-state index contributed by atoms with van der Waals surface area (Å²) >= 11 is 11.9. The van der Waals surface area contributed by atoms with Crippen LogP contribution in [0.2, 0.25) is 10.3 Å². The van der Waals surface area contributed by atoms with E-state index < -0.39 is 11.8 Å². The first kappa shape index (κ1) is 54.5. The molecule has 386 valence electrons. The molecule has 2 aromatic heterocycles. The number of aryl methyl sites for hydroxylation is 2. The summed E-state index contributed by atoms with van der Waals surface area (Å²) in [6.45, 7) is 3.31. The van der Waals surface area contributed by atoms with Gasteiger partial charge in [0.15, 0.2) is 50.9 Å². The number of piperidine rings is 2. The summed E-state index contributed by atoms with van der Waals surface area (Å²) < 4.78 is 0. The van der Waals surface area contributed by atoms with Crippen LogP contribution in [0.4, 0.5) is 28.1 Å². The number of benzene rings is 2. The van der Waals surface area contributed by atoms with Crippen LogP contribution in [-0.2, 0) is 17.6 Å². The minimum absolute atomic E-state index is 0.0388. The Balaban J connectivity index is 0.888. The van der Waals surface area contributed by atoms with Gasteiger partial charge < -0.3 is 49.1 Å². The second kappa shape index (κ2) is 26.1. The lowest BCUT2D eigenvalue weighted by molar-refractivity contribution is -0.133. The largest absolute Gasteiger partial charge is 0.382 e. The van der Waals surface area contributed by atoms with E-state index in [1.807, 2.05) is 46.2 Å². The third-order valence-electron chi connectivity index (χ3n) is 13.9. The number of likely N-dealkylation sites (tertiary alicyclic amines) is 2. The Kier molecular flexibility index (Phi) is 19.7. The fraction of sp³-hybridized carbons (Fsp3) is 0.480. The second-order valence-corrected chi connectivity index (χ2v) is 19.7. The van der Waals surface area contributed by atoms with Gasteiger partial charge in [-0.15, -0.1) is 0 Å². The lowest BCUT2D eigenvalue weighted by atomic mass is 9.71. The monoisotopic (exact) mass is 1030 g/mol. The minimum atomic E-state index is -0.707. The number of halogens is 2. The molecule has 0 saturated carbocycles. The number of nitrogens with zero attached hydrogens (tertiary/aromatic N) is 7. The summed E-state index contributed by atoms with van der Waals surface area (Å²) in [6, 6.07) is 20.4. The highest BCUT2D eigenvalue weighted by Gasteiger charge is 2.37.